The standard InChI is InChI=1S/C21H27N9O5S2/c1-10(2)7-35-27-14(12-5-4-6-13(22)23-12)16(31)24-15-17(32)30-8-21(19(33)34,9-36-18(15)30)11(3)37-20-25-28-29-26-20/h4-6,10-11,15,18H,7-9H2,1-3H3,(H2,22,23)(H,24,31)(H,33,34)(H,25,26,28,29)/t11?,15?,18-,21?/m1/s1. The van der Waals surface area contributed by atoms with Gasteiger partial charge in [0.25, 0.3) is 5.91 Å². The number of hydrogen-bond donors (Lipinski definition) is 4. The number of amides is 2. The van der Waals surface area contributed by atoms with Gasteiger partial charge in [0.2, 0.25) is 11.1 Å². The SMILES string of the molecule is CC(C)CON=C(C(=O)NC1C(=O)N2CC(C(=O)O)(C(C)Sc3nnn[nH]3)CS[C@H]12)c1cccc(N)n1. The molecule has 0 bridgehead atoms. The fraction of sp³-hybridized carbons (Fsp3) is 0.524. The van der Waals surface area contributed by atoms with E-state index in [1.54, 1.807) is 25.1 Å². The zero-order valence-corrected chi connectivity index (χ0v) is 22.0. The number of fused-ring (bicyclic) bond motifs is 1. The summed E-state index contributed by atoms with van der Waals surface area (Å²) in [5, 5.41) is 29.8. The first-order valence-electron chi connectivity index (χ1n) is 11.4. The van der Waals surface area contributed by atoms with Crippen LogP contribution in [0.25, 0.3) is 0 Å². The Kier molecular flexibility index (Phi) is 7.87. The Morgan fingerprint density at radius 3 is 2.86 bits per heavy atom. The number of oxime groups is 1. The Morgan fingerprint density at radius 2 is 2.22 bits per heavy atom. The minimum absolute atomic E-state index is 0.00381. The van der Waals surface area contributed by atoms with Gasteiger partial charge in [0, 0.05) is 17.5 Å². The monoisotopic (exact) mass is 549 g/mol. The number of β-lactam (4-membered cyclic amide) rings is 1. The van der Waals surface area contributed by atoms with E-state index in [9.17, 15) is 19.5 Å². The average Bonchev–Trinajstić information content (AvgIpc) is 3.37. The smallest absolute Gasteiger partial charge is 0.313 e. The van der Waals surface area contributed by atoms with Crippen LogP contribution in [-0.2, 0) is 19.2 Å². The number of nitrogens with one attached hydrogen (secondary N) is 2. The lowest BCUT2D eigenvalue weighted by Crippen LogP contribution is -2.74. The van der Waals surface area contributed by atoms with Gasteiger partial charge >= 0.3 is 5.97 Å². The molecule has 16 heteroatoms. The molecule has 2 aliphatic heterocycles. The van der Waals surface area contributed by atoms with Crippen LogP contribution in [0.3, 0.4) is 0 Å². The van der Waals surface area contributed by atoms with Crippen molar-refractivity contribution in [2.75, 3.05) is 24.6 Å². The lowest BCUT2D eigenvalue weighted by Gasteiger charge is -2.54. The van der Waals surface area contributed by atoms with E-state index < -0.39 is 34.0 Å². The zero-order chi connectivity index (χ0) is 26.7. The van der Waals surface area contributed by atoms with Crippen LogP contribution in [-0.4, -0.2) is 94.7 Å². The van der Waals surface area contributed by atoms with Crippen LogP contribution in [0.4, 0.5) is 5.82 Å². The third-order valence-corrected chi connectivity index (χ3v) is 8.75. The summed E-state index contributed by atoms with van der Waals surface area (Å²) in [5.74, 6) is -1.43. The Labute approximate surface area is 220 Å². The predicted molar refractivity (Wildman–Crippen MR) is 135 cm³/mol. The van der Waals surface area contributed by atoms with Crippen molar-refractivity contribution in [1.82, 2.24) is 35.8 Å². The molecule has 0 radical (unpaired) electrons. The number of carbonyl (C=O) groups is 3. The Morgan fingerprint density at radius 1 is 1.43 bits per heavy atom. The molecule has 0 spiro atoms. The van der Waals surface area contributed by atoms with E-state index in [-0.39, 0.29) is 48.0 Å². The zero-order valence-electron chi connectivity index (χ0n) is 20.3. The maximum Gasteiger partial charge on any atom is 0.313 e. The number of carboxylic acid groups (broad SMARTS) is 1. The molecular weight excluding hydrogens is 522 g/mol. The summed E-state index contributed by atoms with van der Waals surface area (Å²) < 4.78 is 0. The molecule has 198 valence electrons. The fourth-order valence-corrected chi connectivity index (χ4v) is 6.64. The van der Waals surface area contributed by atoms with E-state index in [2.05, 4.69) is 36.1 Å². The van der Waals surface area contributed by atoms with Crippen LogP contribution in [0.2, 0.25) is 0 Å². The van der Waals surface area contributed by atoms with Gasteiger partial charge in [0.05, 0.1) is 0 Å². The second kappa shape index (κ2) is 10.9. The van der Waals surface area contributed by atoms with Gasteiger partial charge in [-0.25, -0.2) is 10.1 Å². The molecule has 2 fully saturated rings. The van der Waals surface area contributed by atoms with Crippen LogP contribution in [0, 0.1) is 11.3 Å². The second-order valence-corrected chi connectivity index (χ2v) is 11.6. The van der Waals surface area contributed by atoms with Crippen molar-refractivity contribution in [3.63, 3.8) is 0 Å². The normalized spacial score (nSPS) is 24.3. The first kappa shape index (κ1) is 26.7. The maximum atomic E-state index is 13.2. The van der Waals surface area contributed by atoms with Gasteiger partial charge < -0.3 is 25.9 Å². The third-order valence-electron chi connectivity index (χ3n) is 6.00. The molecule has 3 unspecified atom stereocenters. The molecule has 2 saturated heterocycles. The van der Waals surface area contributed by atoms with E-state index in [0.29, 0.717) is 5.16 Å². The van der Waals surface area contributed by atoms with E-state index in [4.69, 9.17) is 10.6 Å². The van der Waals surface area contributed by atoms with Crippen molar-refractivity contribution in [1.29, 1.82) is 0 Å². The van der Waals surface area contributed by atoms with E-state index in [0.717, 1.165) is 0 Å². The number of pyridine rings is 1. The minimum Gasteiger partial charge on any atom is -0.481 e. The summed E-state index contributed by atoms with van der Waals surface area (Å²) in [5.41, 5.74) is 4.64. The van der Waals surface area contributed by atoms with Crippen LogP contribution in [0.1, 0.15) is 26.5 Å². The molecule has 0 aliphatic carbocycles. The first-order chi connectivity index (χ1) is 17.6. The van der Waals surface area contributed by atoms with E-state index >= 15 is 0 Å². The van der Waals surface area contributed by atoms with Crippen LogP contribution in [0.15, 0.2) is 28.5 Å². The largest absolute Gasteiger partial charge is 0.481 e. The summed E-state index contributed by atoms with van der Waals surface area (Å²) in [7, 11) is 0. The summed E-state index contributed by atoms with van der Waals surface area (Å²) in [6.45, 7) is 5.93. The first-order valence-corrected chi connectivity index (χ1v) is 13.3. The molecule has 0 saturated carbocycles. The number of aliphatic carboxylic acids is 1. The van der Waals surface area contributed by atoms with Crippen LogP contribution >= 0.6 is 23.5 Å². The number of anilines is 1. The molecule has 4 rings (SSSR count). The molecule has 2 amide bonds. The van der Waals surface area contributed by atoms with Gasteiger partial charge in [0.1, 0.15) is 34.9 Å². The fourth-order valence-electron chi connectivity index (χ4n) is 3.87. The lowest BCUT2D eigenvalue weighted by molar-refractivity contribution is -0.158. The number of carbonyl (C=O) groups excluding carboxylic acids is 2. The quantitative estimate of drug-likeness (QED) is 0.136. The number of H-pyrrole nitrogens is 1. The number of rotatable bonds is 10. The summed E-state index contributed by atoms with van der Waals surface area (Å²) in [4.78, 5) is 49.5. The van der Waals surface area contributed by atoms with Gasteiger partial charge in [-0.2, -0.15) is 0 Å². The molecule has 2 aromatic rings. The molecule has 37 heavy (non-hydrogen) atoms. The topological polar surface area (TPSA) is 202 Å². The Balaban J connectivity index is 1.47. The number of carboxylic acids is 1. The predicted octanol–water partition coefficient (Wildman–Crippen LogP) is 0.205. The number of tetrazole rings is 1. The molecule has 0 aromatic carbocycles. The van der Waals surface area contributed by atoms with Crippen molar-refractivity contribution in [2.24, 2.45) is 16.5 Å². The van der Waals surface area contributed by atoms with Gasteiger partial charge in [-0.3, -0.25) is 14.4 Å². The van der Waals surface area contributed by atoms with Crippen molar-refractivity contribution in [3.8, 4) is 0 Å². The number of thioether (sulfide) groups is 2. The Bertz CT molecular complexity index is 1190. The maximum absolute atomic E-state index is 13.2. The number of nitrogen functional groups attached to an aromatic ring is 1. The number of nitrogens with two attached hydrogens (primary N) is 1. The van der Waals surface area contributed by atoms with Gasteiger partial charge in [0.15, 0.2) is 5.71 Å². The molecular formula is C21H27N9O5S2. The molecule has 14 nitrogen and oxygen atoms in total. The second-order valence-electron chi connectivity index (χ2n) is 9.12. The van der Waals surface area contributed by atoms with Crippen LogP contribution in [0.5, 0.6) is 0 Å². The molecule has 5 N–H and O–H groups in total. The van der Waals surface area contributed by atoms with Crippen LogP contribution < -0.4 is 11.1 Å². The molecule has 2 aromatic heterocycles. The van der Waals surface area contributed by atoms with Crippen molar-refractivity contribution >= 4 is 52.8 Å². The highest BCUT2D eigenvalue weighted by atomic mass is 32.2. The summed E-state index contributed by atoms with van der Waals surface area (Å²) in [6, 6.07) is 3.94. The van der Waals surface area contributed by atoms with Gasteiger partial charge in [-0.15, -0.1) is 16.9 Å². The summed E-state index contributed by atoms with van der Waals surface area (Å²) >= 11 is 2.50. The lowest BCUT2D eigenvalue weighted by atomic mass is 9.84. The molecule has 4 heterocycles. The number of hydrogen-bond acceptors (Lipinski definition) is 12. The number of nitrogens with zero attached hydrogens (tertiary/aromatic N) is 6. The average molecular weight is 550 g/mol. The van der Waals surface area contributed by atoms with Crippen molar-refractivity contribution < 1.29 is 24.3 Å². The Hall–Kier alpha value is -3.40. The number of aromatic amines is 1. The minimum atomic E-state index is -1.23. The highest BCUT2D eigenvalue weighted by Gasteiger charge is 2.59. The molecule has 4 atom stereocenters. The third kappa shape index (κ3) is 5.49. The van der Waals surface area contributed by atoms with Gasteiger partial charge in [-0.05, 0) is 28.5 Å². The van der Waals surface area contributed by atoms with E-state index in [1.165, 1.54) is 28.4 Å². The van der Waals surface area contributed by atoms with E-state index in [1.807, 2.05) is 13.8 Å². The highest BCUT2D eigenvalue weighted by Crippen LogP contribution is 2.47. The van der Waals surface area contributed by atoms with Crippen molar-refractivity contribution in [2.45, 2.75) is 42.6 Å². The van der Waals surface area contributed by atoms with Crippen molar-refractivity contribution in [3.05, 3.63) is 23.9 Å². The number of aromatic nitrogens is 5. The highest BCUT2D eigenvalue weighted by molar-refractivity contribution is 8.01. The van der Waals surface area contributed by atoms with Gasteiger partial charge in [-0.1, -0.05) is 43.8 Å². The molecule has 2 aliphatic rings. The summed E-state index contributed by atoms with van der Waals surface area (Å²) in [6.07, 6.45) is 0.